The summed E-state index contributed by atoms with van der Waals surface area (Å²) in [5, 5.41) is 6.53. The highest BCUT2D eigenvalue weighted by Gasteiger charge is 2.17. The number of hydrogen-bond donors (Lipinski definition) is 2. The second-order valence-electron chi connectivity index (χ2n) is 5.15. The molecule has 0 aliphatic carbocycles. The van der Waals surface area contributed by atoms with Crippen LogP contribution in [0.1, 0.15) is 26.3 Å². The number of benzene rings is 1. The Morgan fingerprint density at radius 2 is 2.05 bits per heavy atom. The lowest BCUT2D eigenvalue weighted by Crippen LogP contribution is -2.38. The predicted molar refractivity (Wildman–Crippen MR) is 82.2 cm³/mol. The number of nitrogens with one attached hydrogen (secondary N) is 2. The van der Waals surface area contributed by atoms with E-state index in [0.29, 0.717) is 29.8 Å². The Balaban J connectivity index is 2.72. The Bertz CT molecular complexity index is 449. The molecular formula is C15H23ClN2O2. The van der Waals surface area contributed by atoms with E-state index < -0.39 is 6.10 Å². The second-order valence-corrected chi connectivity index (χ2v) is 5.55. The number of hydrogen-bond acceptors (Lipinski definition) is 3. The minimum absolute atomic E-state index is 0.117. The molecule has 0 spiro atoms. The van der Waals surface area contributed by atoms with Crippen molar-refractivity contribution in [2.24, 2.45) is 5.92 Å². The molecule has 5 heteroatoms. The van der Waals surface area contributed by atoms with Crippen molar-refractivity contribution in [1.29, 1.82) is 0 Å². The van der Waals surface area contributed by atoms with E-state index in [1.165, 1.54) is 0 Å². The molecule has 1 amide bonds. The van der Waals surface area contributed by atoms with Crippen LogP contribution < -0.4 is 15.4 Å². The van der Waals surface area contributed by atoms with Gasteiger partial charge in [-0.3, -0.25) is 4.79 Å². The first-order chi connectivity index (χ1) is 9.45. The van der Waals surface area contributed by atoms with Crippen LogP contribution in [-0.4, -0.2) is 25.6 Å². The molecule has 20 heavy (non-hydrogen) atoms. The molecule has 0 aliphatic heterocycles. The van der Waals surface area contributed by atoms with Gasteiger partial charge in [0.25, 0.3) is 5.91 Å². The summed E-state index contributed by atoms with van der Waals surface area (Å²) >= 11 is 6.15. The number of halogens is 1. The van der Waals surface area contributed by atoms with Crippen LogP contribution in [-0.2, 0) is 11.3 Å². The average molecular weight is 299 g/mol. The Morgan fingerprint density at radius 1 is 1.35 bits per heavy atom. The zero-order valence-electron chi connectivity index (χ0n) is 12.5. The van der Waals surface area contributed by atoms with Gasteiger partial charge in [-0.1, -0.05) is 31.5 Å². The standard InChI is InChI=1S/C15H23ClN2O2/c1-10(2)8-18-15(19)11(3)20-14-7-5-6-13(16)12(14)9-17-4/h5-7,10-11,17H,8-9H2,1-4H3,(H,18,19). The van der Waals surface area contributed by atoms with Crippen LogP contribution in [0.2, 0.25) is 5.02 Å². The topological polar surface area (TPSA) is 50.4 Å². The van der Waals surface area contributed by atoms with E-state index in [9.17, 15) is 4.79 Å². The lowest BCUT2D eigenvalue weighted by molar-refractivity contribution is -0.127. The molecule has 0 radical (unpaired) electrons. The number of carbonyl (C=O) groups is 1. The molecule has 1 atom stereocenters. The molecule has 0 fully saturated rings. The number of carbonyl (C=O) groups excluding carboxylic acids is 1. The van der Waals surface area contributed by atoms with Gasteiger partial charge in [0.1, 0.15) is 5.75 Å². The van der Waals surface area contributed by atoms with E-state index in [1.54, 1.807) is 6.92 Å². The first-order valence-corrected chi connectivity index (χ1v) is 7.19. The van der Waals surface area contributed by atoms with Crippen LogP contribution in [0, 0.1) is 5.92 Å². The van der Waals surface area contributed by atoms with Crippen molar-refractivity contribution < 1.29 is 9.53 Å². The van der Waals surface area contributed by atoms with Crippen molar-refractivity contribution in [2.45, 2.75) is 33.4 Å². The van der Waals surface area contributed by atoms with Crippen molar-refractivity contribution in [1.82, 2.24) is 10.6 Å². The molecule has 0 aliphatic rings. The number of amides is 1. The lowest BCUT2D eigenvalue weighted by atomic mass is 10.2. The van der Waals surface area contributed by atoms with Gasteiger partial charge in [0.05, 0.1) is 0 Å². The van der Waals surface area contributed by atoms with E-state index in [0.717, 1.165) is 5.56 Å². The van der Waals surface area contributed by atoms with Gasteiger partial charge < -0.3 is 15.4 Å². The zero-order valence-corrected chi connectivity index (χ0v) is 13.3. The van der Waals surface area contributed by atoms with E-state index in [2.05, 4.69) is 10.6 Å². The monoisotopic (exact) mass is 298 g/mol. The maximum absolute atomic E-state index is 11.9. The third-order valence-electron chi connectivity index (χ3n) is 2.79. The third kappa shape index (κ3) is 5.02. The molecule has 0 saturated heterocycles. The van der Waals surface area contributed by atoms with E-state index >= 15 is 0 Å². The van der Waals surface area contributed by atoms with Gasteiger partial charge in [0.15, 0.2) is 6.10 Å². The highest BCUT2D eigenvalue weighted by atomic mass is 35.5. The summed E-state index contributed by atoms with van der Waals surface area (Å²) in [6.07, 6.45) is -0.553. The Kier molecular flexibility index (Phi) is 6.82. The minimum Gasteiger partial charge on any atom is -0.481 e. The smallest absolute Gasteiger partial charge is 0.260 e. The van der Waals surface area contributed by atoms with Crippen LogP contribution in [0.15, 0.2) is 18.2 Å². The summed E-state index contributed by atoms with van der Waals surface area (Å²) in [6.45, 7) is 7.07. The van der Waals surface area contributed by atoms with Gasteiger partial charge in [-0.15, -0.1) is 0 Å². The molecule has 1 rings (SSSR count). The molecule has 0 aromatic heterocycles. The minimum atomic E-state index is -0.553. The van der Waals surface area contributed by atoms with Gasteiger partial charge in [0, 0.05) is 23.7 Å². The second kappa shape index (κ2) is 8.12. The van der Waals surface area contributed by atoms with Crippen LogP contribution in [0.25, 0.3) is 0 Å². The van der Waals surface area contributed by atoms with Gasteiger partial charge >= 0.3 is 0 Å². The van der Waals surface area contributed by atoms with Gasteiger partial charge in [0.2, 0.25) is 0 Å². The highest BCUT2D eigenvalue weighted by molar-refractivity contribution is 6.31. The summed E-state index contributed by atoms with van der Waals surface area (Å²) in [5.74, 6) is 0.935. The van der Waals surface area contributed by atoms with Gasteiger partial charge in [-0.05, 0) is 32.0 Å². The van der Waals surface area contributed by atoms with Crippen LogP contribution in [0.3, 0.4) is 0 Å². The molecule has 0 bridgehead atoms. The summed E-state index contributed by atoms with van der Waals surface area (Å²) < 4.78 is 5.74. The molecule has 1 aromatic carbocycles. The van der Waals surface area contributed by atoms with Crippen LogP contribution in [0.5, 0.6) is 5.75 Å². The summed E-state index contributed by atoms with van der Waals surface area (Å²) in [4.78, 5) is 11.9. The molecule has 0 heterocycles. The summed E-state index contributed by atoms with van der Waals surface area (Å²) in [7, 11) is 1.84. The maximum Gasteiger partial charge on any atom is 0.260 e. The van der Waals surface area contributed by atoms with Crippen molar-refractivity contribution in [3.05, 3.63) is 28.8 Å². The number of rotatable bonds is 7. The highest BCUT2D eigenvalue weighted by Crippen LogP contribution is 2.27. The van der Waals surface area contributed by atoms with Gasteiger partial charge in [-0.2, -0.15) is 0 Å². The van der Waals surface area contributed by atoms with E-state index in [1.807, 2.05) is 39.1 Å². The first kappa shape index (κ1) is 16.8. The molecule has 112 valence electrons. The van der Waals surface area contributed by atoms with E-state index in [-0.39, 0.29) is 5.91 Å². The molecular weight excluding hydrogens is 276 g/mol. The van der Waals surface area contributed by atoms with Gasteiger partial charge in [-0.25, -0.2) is 0 Å². The van der Waals surface area contributed by atoms with E-state index in [4.69, 9.17) is 16.3 Å². The van der Waals surface area contributed by atoms with Crippen molar-refractivity contribution in [2.75, 3.05) is 13.6 Å². The predicted octanol–water partition coefficient (Wildman–Crippen LogP) is 2.60. The molecule has 1 unspecified atom stereocenters. The van der Waals surface area contributed by atoms with Crippen LogP contribution >= 0.6 is 11.6 Å². The fourth-order valence-electron chi connectivity index (χ4n) is 1.69. The Morgan fingerprint density at radius 3 is 2.65 bits per heavy atom. The third-order valence-corrected chi connectivity index (χ3v) is 3.14. The molecule has 4 nitrogen and oxygen atoms in total. The molecule has 0 saturated carbocycles. The van der Waals surface area contributed by atoms with Crippen molar-refractivity contribution in [3.8, 4) is 5.75 Å². The average Bonchev–Trinajstić information content (AvgIpc) is 2.39. The molecule has 1 aromatic rings. The first-order valence-electron chi connectivity index (χ1n) is 6.82. The number of ether oxygens (including phenoxy) is 1. The quantitative estimate of drug-likeness (QED) is 0.813. The van der Waals surface area contributed by atoms with Crippen LogP contribution in [0.4, 0.5) is 0 Å². The zero-order chi connectivity index (χ0) is 15.1. The van der Waals surface area contributed by atoms with Crippen molar-refractivity contribution >= 4 is 17.5 Å². The fourth-order valence-corrected chi connectivity index (χ4v) is 1.92. The largest absolute Gasteiger partial charge is 0.481 e. The van der Waals surface area contributed by atoms with Crippen molar-refractivity contribution in [3.63, 3.8) is 0 Å². The Labute approximate surface area is 125 Å². The maximum atomic E-state index is 11.9. The lowest BCUT2D eigenvalue weighted by Gasteiger charge is -2.18. The summed E-state index contributed by atoms with van der Waals surface area (Å²) in [5.41, 5.74) is 0.861. The molecule has 2 N–H and O–H groups in total. The Hall–Kier alpha value is -1.26. The fraction of sp³-hybridized carbons (Fsp3) is 0.533. The normalized spacial score (nSPS) is 12.3. The SMILES string of the molecule is CNCc1c(Cl)cccc1OC(C)C(=O)NCC(C)C. The summed E-state index contributed by atoms with van der Waals surface area (Å²) in [6, 6.07) is 5.45.